The van der Waals surface area contributed by atoms with Gasteiger partial charge in [0.05, 0.1) is 19.3 Å². The van der Waals surface area contributed by atoms with Crippen LogP contribution in [0.15, 0.2) is 42.6 Å². The topological polar surface area (TPSA) is 118 Å². The van der Waals surface area contributed by atoms with Gasteiger partial charge in [-0.2, -0.15) is 0 Å². The normalized spacial score (nSPS) is 10.5. The second-order valence-corrected chi connectivity index (χ2v) is 7.05. The van der Waals surface area contributed by atoms with Crippen LogP contribution in [0.3, 0.4) is 0 Å². The van der Waals surface area contributed by atoms with E-state index in [4.69, 9.17) is 9.47 Å². The smallest absolute Gasteiger partial charge is 0.428 e. The quantitative estimate of drug-likeness (QED) is 0.448. The van der Waals surface area contributed by atoms with Crippen molar-refractivity contribution in [2.75, 3.05) is 20.8 Å². The van der Waals surface area contributed by atoms with Gasteiger partial charge in [-0.05, 0) is 48.7 Å². The van der Waals surface area contributed by atoms with Crippen LogP contribution in [0.25, 0.3) is 10.9 Å². The maximum Gasteiger partial charge on any atom is 0.428 e. The zero-order valence-electron chi connectivity index (χ0n) is 18.2. The van der Waals surface area contributed by atoms with Crippen LogP contribution in [-0.4, -0.2) is 53.8 Å². The second-order valence-electron chi connectivity index (χ2n) is 7.05. The van der Waals surface area contributed by atoms with Gasteiger partial charge in [0.1, 0.15) is 16.9 Å². The molecule has 9 nitrogen and oxygen atoms in total. The molecule has 1 aromatic heterocycles. The fourth-order valence-corrected chi connectivity index (χ4v) is 3.19. The molecule has 0 unspecified atom stereocenters. The molecule has 0 radical (unpaired) electrons. The maximum absolute atomic E-state index is 13.2. The van der Waals surface area contributed by atoms with E-state index in [9.17, 15) is 23.9 Å². The summed E-state index contributed by atoms with van der Waals surface area (Å²) >= 11 is 0. The Morgan fingerprint density at radius 3 is 2.45 bits per heavy atom. The van der Waals surface area contributed by atoms with Gasteiger partial charge < -0.3 is 14.6 Å². The van der Waals surface area contributed by atoms with E-state index in [-0.39, 0.29) is 34.5 Å². The number of carbonyl (C=O) groups is 3. The fraction of sp³-hybridized carbons (Fsp3) is 0.217. The summed E-state index contributed by atoms with van der Waals surface area (Å²) in [5.74, 6) is -2.40. The Morgan fingerprint density at radius 1 is 1.12 bits per heavy atom. The molecule has 2 aromatic carbocycles. The van der Waals surface area contributed by atoms with Gasteiger partial charge in [0.15, 0.2) is 5.75 Å². The van der Waals surface area contributed by atoms with Gasteiger partial charge in [0.2, 0.25) is 0 Å². The molecule has 3 rings (SSSR count). The van der Waals surface area contributed by atoms with Crippen molar-refractivity contribution in [3.8, 4) is 5.75 Å². The molecule has 0 aliphatic rings. The number of esters is 1. The molecule has 0 bridgehead atoms. The number of amides is 2. The number of aromatic hydroxyl groups is 1. The number of phenols is 1. The molecule has 0 fully saturated rings. The SMILES string of the molecule is CCOC(=O)N(C)NC(=O)c1cc(C(=O)OC)c(O)c2ncc(Cc3ccc(F)cc3)cc12. The standard InChI is InChI=1S/C23H22FN3O6/c1-4-33-23(31)27(2)26-21(29)17-11-18(22(30)32-3)20(28)19-16(17)10-14(12-25-19)9-13-5-7-15(24)8-6-13/h5-8,10-12,28H,4,9H2,1-3H3,(H,26,29). The van der Waals surface area contributed by atoms with Gasteiger partial charge in [-0.1, -0.05) is 12.1 Å². The van der Waals surface area contributed by atoms with E-state index >= 15 is 0 Å². The number of phenolic OH excluding ortho intramolecular Hbond substituents is 1. The first-order valence-corrected chi connectivity index (χ1v) is 9.94. The highest BCUT2D eigenvalue weighted by molar-refractivity contribution is 6.11. The van der Waals surface area contributed by atoms with E-state index < -0.39 is 23.7 Å². The molecule has 0 atom stereocenters. The Bertz CT molecular complexity index is 1210. The highest BCUT2D eigenvalue weighted by Gasteiger charge is 2.24. The van der Waals surface area contributed by atoms with E-state index in [1.54, 1.807) is 25.1 Å². The molecule has 0 aliphatic carbocycles. The highest BCUT2D eigenvalue weighted by Crippen LogP contribution is 2.32. The van der Waals surface area contributed by atoms with Gasteiger partial charge >= 0.3 is 12.1 Å². The summed E-state index contributed by atoms with van der Waals surface area (Å²) in [6.07, 6.45) is 1.09. The lowest BCUT2D eigenvalue weighted by molar-refractivity contribution is 0.0597. The Hall–Kier alpha value is -4.21. The summed E-state index contributed by atoms with van der Waals surface area (Å²) in [5, 5.41) is 11.7. The van der Waals surface area contributed by atoms with Crippen molar-refractivity contribution in [1.29, 1.82) is 0 Å². The van der Waals surface area contributed by atoms with Crippen molar-refractivity contribution in [2.45, 2.75) is 13.3 Å². The lowest BCUT2D eigenvalue weighted by atomic mass is 9.99. The van der Waals surface area contributed by atoms with Gasteiger partial charge in [0, 0.05) is 18.6 Å². The van der Waals surface area contributed by atoms with E-state index in [1.807, 2.05) is 0 Å². The van der Waals surface area contributed by atoms with Crippen LogP contribution >= 0.6 is 0 Å². The second kappa shape index (κ2) is 9.94. The number of carbonyl (C=O) groups excluding carboxylic acids is 3. The van der Waals surface area contributed by atoms with Crippen LogP contribution < -0.4 is 5.43 Å². The predicted molar refractivity (Wildman–Crippen MR) is 116 cm³/mol. The molecule has 33 heavy (non-hydrogen) atoms. The predicted octanol–water partition coefficient (Wildman–Crippen LogP) is 3.19. The minimum atomic E-state index is -0.862. The van der Waals surface area contributed by atoms with Crippen molar-refractivity contribution < 1.29 is 33.4 Å². The number of benzene rings is 2. The summed E-state index contributed by atoms with van der Waals surface area (Å²) in [6, 6.07) is 8.72. The third-order valence-electron chi connectivity index (χ3n) is 4.78. The number of rotatable bonds is 5. The molecule has 0 aliphatic heterocycles. The lowest BCUT2D eigenvalue weighted by Gasteiger charge is -2.19. The molecule has 10 heteroatoms. The van der Waals surface area contributed by atoms with E-state index in [2.05, 4.69) is 10.4 Å². The number of methoxy groups -OCH3 is 1. The molecule has 0 spiro atoms. The third-order valence-corrected chi connectivity index (χ3v) is 4.78. The first-order chi connectivity index (χ1) is 15.7. The molecule has 2 N–H and O–H groups in total. The van der Waals surface area contributed by atoms with Crippen LogP contribution in [0.5, 0.6) is 5.75 Å². The largest absolute Gasteiger partial charge is 0.505 e. The summed E-state index contributed by atoms with van der Waals surface area (Å²) in [7, 11) is 2.44. The van der Waals surface area contributed by atoms with Crippen molar-refractivity contribution in [1.82, 2.24) is 15.4 Å². The van der Waals surface area contributed by atoms with E-state index in [0.717, 1.165) is 17.7 Å². The lowest BCUT2D eigenvalue weighted by Crippen LogP contribution is -2.43. The molecule has 1 heterocycles. The van der Waals surface area contributed by atoms with Gasteiger partial charge in [0.25, 0.3) is 5.91 Å². The number of fused-ring (bicyclic) bond motifs is 1. The number of halogens is 1. The molecule has 0 saturated heterocycles. The average molecular weight is 455 g/mol. The van der Waals surface area contributed by atoms with Crippen LogP contribution in [-0.2, 0) is 15.9 Å². The molecular formula is C23H22FN3O6. The van der Waals surface area contributed by atoms with Gasteiger partial charge in [-0.25, -0.2) is 19.0 Å². The Balaban J connectivity index is 2.08. The van der Waals surface area contributed by atoms with Crippen molar-refractivity contribution >= 4 is 28.9 Å². The molecule has 0 saturated carbocycles. The van der Waals surface area contributed by atoms with Crippen LogP contribution in [0.1, 0.15) is 38.8 Å². The zero-order valence-corrected chi connectivity index (χ0v) is 18.2. The monoisotopic (exact) mass is 455 g/mol. The molecule has 2 amide bonds. The van der Waals surface area contributed by atoms with Gasteiger partial charge in [-0.15, -0.1) is 0 Å². The summed E-state index contributed by atoms with van der Waals surface area (Å²) in [4.78, 5) is 41.3. The summed E-state index contributed by atoms with van der Waals surface area (Å²) < 4.78 is 22.7. The first-order valence-electron chi connectivity index (χ1n) is 9.94. The number of hydrogen-bond donors (Lipinski definition) is 2. The number of hydrogen-bond acceptors (Lipinski definition) is 7. The first kappa shape index (κ1) is 23.5. The van der Waals surface area contributed by atoms with Crippen LogP contribution in [0.4, 0.5) is 9.18 Å². The zero-order chi connectivity index (χ0) is 24.1. The van der Waals surface area contributed by atoms with E-state index in [0.29, 0.717) is 12.0 Å². The number of ether oxygens (including phenoxy) is 2. The minimum Gasteiger partial charge on any atom is -0.505 e. The average Bonchev–Trinajstić information content (AvgIpc) is 2.80. The summed E-state index contributed by atoms with van der Waals surface area (Å²) in [6.45, 7) is 1.74. The maximum atomic E-state index is 13.2. The number of nitrogens with one attached hydrogen (secondary N) is 1. The van der Waals surface area contributed by atoms with Crippen molar-refractivity contribution in [3.63, 3.8) is 0 Å². The fourth-order valence-electron chi connectivity index (χ4n) is 3.19. The minimum absolute atomic E-state index is 0.00435. The van der Waals surface area contributed by atoms with E-state index in [1.165, 1.54) is 31.4 Å². The third kappa shape index (κ3) is 5.17. The Kier molecular flexibility index (Phi) is 7.07. The molecular weight excluding hydrogens is 433 g/mol. The van der Waals surface area contributed by atoms with Gasteiger partial charge in [-0.3, -0.25) is 15.2 Å². The Labute approximate surface area is 188 Å². The van der Waals surface area contributed by atoms with Crippen molar-refractivity contribution in [3.05, 3.63) is 70.7 Å². The number of aromatic nitrogens is 1. The summed E-state index contributed by atoms with van der Waals surface area (Å²) in [5.41, 5.74) is 3.58. The number of nitrogens with zero attached hydrogens (tertiary/aromatic N) is 2. The Morgan fingerprint density at radius 2 is 1.82 bits per heavy atom. The number of hydrazine groups is 1. The number of pyridine rings is 1. The molecule has 3 aromatic rings. The van der Waals surface area contributed by atoms with Crippen LogP contribution in [0.2, 0.25) is 0 Å². The highest BCUT2D eigenvalue weighted by atomic mass is 19.1. The van der Waals surface area contributed by atoms with Crippen molar-refractivity contribution in [2.24, 2.45) is 0 Å². The van der Waals surface area contributed by atoms with Crippen LogP contribution in [0, 0.1) is 5.82 Å². The molecule has 172 valence electrons.